The van der Waals surface area contributed by atoms with Gasteiger partial charge < -0.3 is 11.1 Å². The Morgan fingerprint density at radius 2 is 1.84 bits per heavy atom. The molecule has 0 saturated heterocycles. The van der Waals surface area contributed by atoms with Gasteiger partial charge in [-0.05, 0) is 33.6 Å². The highest BCUT2D eigenvalue weighted by Crippen LogP contribution is 2.30. The van der Waals surface area contributed by atoms with E-state index in [1.54, 1.807) is 18.2 Å². The van der Waals surface area contributed by atoms with Crippen LogP contribution in [0.4, 0.5) is 5.69 Å². The average Bonchev–Trinajstić information content (AvgIpc) is 2.44. The number of carbonyl (C=O) groups is 1. The summed E-state index contributed by atoms with van der Waals surface area (Å²) in [6.07, 6.45) is 0. The van der Waals surface area contributed by atoms with Crippen LogP contribution in [0.25, 0.3) is 0 Å². The fourth-order valence-corrected chi connectivity index (χ4v) is 2.16. The van der Waals surface area contributed by atoms with Crippen LogP contribution in [0.5, 0.6) is 0 Å². The highest BCUT2D eigenvalue weighted by atomic mass is 79.9. The first-order valence-corrected chi connectivity index (χ1v) is 6.82. The van der Waals surface area contributed by atoms with Gasteiger partial charge in [0.25, 0.3) is 0 Å². The molecule has 2 rings (SSSR count). The Kier molecular flexibility index (Phi) is 4.58. The lowest BCUT2D eigenvalue weighted by Gasteiger charge is -2.14. The van der Waals surface area contributed by atoms with Gasteiger partial charge >= 0.3 is 0 Å². The van der Waals surface area contributed by atoms with Crippen LogP contribution >= 0.6 is 27.5 Å². The third-order valence-electron chi connectivity index (χ3n) is 2.65. The molecule has 2 aromatic rings. The van der Waals surface area contributed by atoms with E-state index >= 15 is 0 Å². The number of amides is 1. The minimum absolute atomic E-state index is 0.283. The summed E-state index contributed by atoms with van der Waals surface area (Å²) < 4.78 is 0.644. The second-order valence-electron chi connectivity index (χ2n) is 3.98. The Bertz CT molecular complexity index is 589. The van der Waals surface area contributed by atoms with Crippen LogP contribution in [0.15, 0.2) is 53.0 Å². The molecule has 2 aromatic carbocycles. The Morgan fingerprint density at radius 3 is 2.53 bits per heavy atom. The molecular weight excluding hydrogens is 328 g/mol. The van der Waals surface area contributed by atoms with Crippen molar-refractivity contribution in [1.82, 2.24) is 0 Å². The first-order valence-electron chi connectivity index (χ1n) is 5.65. The van der Waals surface area contributed by atoms with Gasteiger partial charge in [-0.1, -0.05) is 48.0 Å². The molecule has 3 nitrogen and oxygen atoms in total. The summed E-state index contributed by atoms with van der Waals surface area (Å²) in [5, 5.41) is 3.29. The second kappa shape index (κ2) is 6.19. The van der Waals surface area contributed by atoms with Crippen LogP contribution in [-0.4, -0.2) is 5.91 Å². The molecule has 0 heterocycles. The molecule has 98 valence electrons. The lowest BCUT2D eigenvalue weighted by Crippen LogP contribution is -2.27. The topological polar surface area (TPSA) is 55.1 Å². The van der Waals surface area contributed by atoms with Crippen molar-refractivity contribution in [2.75, 3.05) is 5.32 Å². The summed E-state index contributed by atoms with van der Waals surface area (Å²) in [4.78, 5) is 12.1. The SMILES string of the molecule is NC(C(=O)Nc1cccc(Cl)c1Br)c1ccccc1. The van der Waals surface area contributed by atoms with Crippen molar-refractivity contribution in [2.24, 2.45) is 5.73 Å². The molecule has 1 unspecified atom stereocenters. The number of hydrogen-bond acceptors (Lipinski definition) is 2. The molecule has 0 aliphatic carbocycles. The zero-order chi connectivity index (χ0) is 13.8. The van der Waals surface area contributed by atoms with E-state index in [1.807, 2.05) is 30.3 Å². The maximum Gasteiger partial charge on any atom is 0.245 e. The molecule has 0 aromatic heterocycles. The van der Waals surface area contributed by atoms with Crippen molar-refractivity contribution in [3.8, 4) is 0 Å². The Labute approximate surface area is 124 Å². The quantitative estimate of drug-likeness (QED) is 0.895. The van der Waals surface area contributed by atoms with E-state index in [-0.39, 0.29) is 5.91 Å². The normalized spacial score (nSPS) is 11.9. The van der Waals surface area contributed by atoms with E-state index < -0.39 is 6.04 Å². The molecule has 1 amide bonds. The second-order valence-corrected chi connectivity index (χ2v) is 5.18. The van der Waals surface area contributed by atoms with Crippen molar-refractivity contribution < 1.29 is 4.79 Å². The molecule has 0 aliphatic rings. The number of hydrogen-bond donors (Lipinski definition) is 2. The number of nitrogens with one attached hydrogen (secondary N) is 1. The number of anilines is 1. The van der Waals surface area contributed by atoms with Crippen molar-refractivity contribution in [1.29, 1.82) is 0 Å². The maximum atomic E-state index is 12.1. The number of nitrogens with two attached hydrogens (primary N) is 1. The number of halogens is 2. The van der Waals surface area contributed by atoms with Gasteiger partial charge in [0.05, 0.1) is 15.2 Å². The first kappa shape index (κ1) is 14.1. The van der Waals surface area contributed by atoms with Crippen LogP contribution in [0.1, 0.15) is 11.6 Å². The van der Waals surface area contributed by atoms with Gasteiger partial charge in [0.1, 0.15) is 6.04 Å². The summed E-state index contributed by atoms with van der Waals surface area (Å²) in [6.45, 7) is 0. The Balaban J connectivity index is 2.15. The molecule has 3 N–H and O–H groups in total. The van der Waals surface area contributed by atoms with Gasteiger partial charge in [-0.25, -0.2) is 0 Å². The van der Waals surface area contributed by atoms with Crippen LogP contribution in [0.3, 0.4) is 0 Å². The van der Waals surface area contributed by atoms with E-state index in [0.29, 0.717) is 15.2 Å². The van der Waals surface area contributed by atoms with Crippen LogP contribution in [-0.2, 0) is 4.79 Å². The molecule has 5 heteroatoms. The number of carbonyl (C=O) groups excluding carboxylic acids is 1. The van der Waals surface area contributed by atoms with Gasteiger partial charge in [-0.2, -0.15) is 0 Å². The van der Waals surface area contributed by atoms with Crippen molar-refractivity contribution >= 4 is 39.1 Å². The van der Waals surface area contributed by atoms with Gasteiger partial charge in [0, 0.05) is 0 Å². The minimum atomic E-state index is -0.716. The van der Waals surface area contributed by atoms with Gasteiger partial charge in [-0.15, -0.1) is 0 Å². The standard InChI is InChI=1S/C14H12BrClN2O/c15-12-10(16)7-4-8-11(12)18-14(19)13(17)9-5-2-1-3-6-9/h1-8,13H,17H2,(H,18,19). The molecule has 0 saturated carbocycles. The lowest BCUT2D eigenvalue weighted by molar-refractivity contribution is -0.117. The van der Waals surface area contributed by atoms with Gasteiger partial charge in [0.15, 0.2) is 0 Å². The van der Waals surface area contributed by atoms with Crippen molar-refractivity contribution in [3.05, 3.63) is 63.6 Å². The molecule has 0 radical (unpaired) electrons. The lowest BCUT2D eigenvalue weighted by atomic mass is 10.1. The summed E-state index contributed by atoms with van der Waals surface area (Å²) in [5.74, 6) is -0.283. The summed E-state index contributed by atoms with van der Waals surface area (Å²) in [5.41, 5.74) is 7.28. The van der Waals surface area contributed by atoms with Crippen LogP contribution in [0.2, 0.25) is 5.02 Å². The van der Waals surface area contributed by atoms with E-state index in [9.17, 15) is 4.79 Å². The smallest absolute Gasteiger partial charge is 0.245 e. The third kappa shape index (κ3) is 3.35. The molecule has 0 spiro atoms. The minimum Gasteiger partial charge on any atom is -0.323 e. The van der Waals surface area contributed by atoms with Gasteiger partial charge in [0.2, 0.25) is 5.91 Å². The fraction of sp³-hybridized carbons (Fsp3) is 0.0714. The monoisotopic (exact) mass is 338 g/mol. The molecular formula is C14H12BrClN2O. The third-order valence-corrected chi connectivity index (χ3v) is 4.05. The van der Waals surface area contributed by atoms with E-state index in [1.165, 1.54) is 0 Å². The summed E-state index contributed by atoms with van der Waals surface area (Å²) in [7, 11) is 0. The highest BCUT2D eigenvalue weighted by Gasteiger charge is 2.16. The van der Waals surface area contributed by atoms with Crippen molar-refractivity contribution in [2.45, 2.75) is 6.04 Å². The highest BCUT2D eigenvalue weighted by molar-refractivity contribution is 9.10. The first-order chi connectivity index (χ1) is 9.09. The fourth-order valence-electron chi connectivity index (χ4n) is 1.62. The molecule has 1 atom stereocenters. The molecule has 0 aliphatic heterocycles. The zero-order valence-corrected chi connectivity index (χ0v) is 12.3. The van der Waals surface area contributed by atoms with Crippen LogP contribution < -0.4 is 11.1 Å². The Hall–Kier alpha value is -1.36. The summed E-state index contributed by atoms with van der Waals surface area (Å²) >= 11 is 9.29. The van der Waals surface area contributed by atoms with Crippen molar-refractivity contribution in [3.63, 3.8) is 0 Å². The number of rotatable bonds is 3. The Morgan fingerprint density at radius 1 is 1.16 bits per heavy atom. The maximum absolute atomic E-state index is 12.1. The van der Waals surface area contributed by atoms with E-state index in [0.717, 1.165) is 5.56 Å². The van der Waals surface area contributed by atoms with E-state index in [4.69, 9.17) is 17.3 Å². The predicted octanol–water partition coefficient (Wildman–Crippen LogP) is 3.74. The zero-order valence-electron chi connectivity index (χ0n) is 9.94. The average molecular weight is 340 g/mol. The largest absolute Gasteiger partial charge is 0.323 e. The van der Waals surface area contributed by atoms with Crippen LogP contribution in [0, 0.1) is 0 Å². The molecule has 0 bridgehead atoms. The summed E-state index contributed by atoms with van der Waals surface area (Å²) in [6, 6.07) is 13.7. The van der Waals surface area contributed by atoms with E-state index in [2.05, 4.69) is 21.2 Å². The predicted molar refractivity (Wildman–Crippen MR) is 81.2 cm³/mol. The number of benzene rings is 2. The molecule has 19 heavy (non-hydrogen) atoms. The van der Waals surface area contributed by atoms with Gasteiger partial charge in [-0.3, -0.25) is 4.79 Å². The molecule has 0 fully saturated rings.